The van der Waals surface area contributed by atoms with E-state index in [-0.39, 0.29) is 0 Å². The van der Waals surface area contributed by atoms with Crippen LogP contribution in [0.1, 0.15) is 38.8 Å². The molecule has 19 heavy (non-hydrogen) atoms. The maximum Gasteiger partial charge on any atom is 0.138 e. The van der Waals surface area contributed by atoms with E-state index in [0.717, 1.165) is 19.6 Å². The molecule has 0 aliphatic carbocycles. The average molecular weight is 286 g/mol. The Morgan fingerprint density at radius 2 is 2.00 bits per heavy atom. The summed E-state index contributed by atoms with van der Waals surface area (Å²) in [6, 6.07) is 6.22. The summed E-state index contributed by atoms with van der Waals surface area (Å²) in [7, 11) is 0. The first-order valence-corrected chi connectivity index (χ1v) is 7.30. The van der Waals surface area contributed by atoms with Gasteiger partial charge in [0.25, 0.3) is 0 Å². The fourth-order valence-corrected chi connectivity index (χ4v) is 2.03. The van der Waals surface area contributed by atoms with Crippen molar-refractivity contribution >= 4 is 11.6 Å². The lowest BCUT2D eigenvalue weighted by molar-refractivity contribution is 0.101. The molecule has 0 heterocycles. The number of rotatable bonds is 9. The van der Waals surface area contributed by atoms with E-state index in [1.165, 1.54) is 5.56 Å². The van der Waals surface area contributed by atoms with Crippen LogP contribution in [0.2, 0.25) is 5.02 Å². The Morgan fingerprint density at radius 3 is 2.63 bits per heavy atom. The third-order valence-corrected chi connectivity index (χ3v) is 3.10. The Bertz CT molecular complexity index is 371. The fourth-order valence-electron chi connectivity index (χ4n) is 1.78. The van der Waals surface area contributed by atoms with Crippen molar-refractivity contribution in [3.63, 3.8) is 0 Å². The van der Waals surface area contributed by atoms with E-state index < -0.39 is 0 Å². The summed E-state index contributed by atoms with van der Waals surface area (Å²) in [4.78, 5) is 0. The predicted molar refractivity (Wildman–Crippen MR) is 80.1 cm³/mol. The topological polar surface area (TPSA) is 30.5 Å². The molecule has 0 fully saturated rings. The van der Waals surface area contributed by atoms with Crippen LogP contribution in [-0.2, 0) is 4.74 Å². The van der Waals surface area contributed by atoms with Gasteiger partial charge >= 0.3 is 0 Å². The molecule has 0 radical (unpaired) electrons. The van der Waals surface area contributed by atoms with Gasteiger partial charge < -0.3 is 14.8 Å². The molecule has 0 aliphatic rings. The highest BCUT2D eigenvalue weighted by Gasteiger charge is 2.08. The smallest absolute Gasteiger partial charge is 0.138 e. The van der Waals surface area contributed by atoms with Gasteiger partial charge in [-0.3, -0.25) is 0 Å². The lowest BCUT2D eigenvalue weighted by Crippen LogP contribution is -2.17. The molecular formula is C15H24ClNO2. The lowest BCUT2D eigenvalue weighted by atomic mass is 10.1. The van der Waals surface area contributed by atoms with E-state index in [1.807, 2.05) is 18.2 Å². The minimum absolute atomic E-state index is 0.296. The summed E-state index contributed by atoms with van der Waals surface area (Å²) in [5.41, 5.74) is 1.17. The molecule has 1 atom stereocenters. The summed E-state index contributed by atoms with van der Waals surface area (Å²) in [5, 5.41) is 4.01. The van der Waals surface area contributed by atoms with Gasteiger partial charge in [0.05, 0.1) is 11.6 Å². The van der Waals surface area contributed by atoms with Crippen LogP contribution in [0.3, 0.4) is 0 Å². The third-order valence-electron chi connectivity index (χ3n) is 2.80. The zero-order valence-electron chi connectivity index (χ0n) is 12.0. The average Bonchev–Trinajstić information content (AvgIpc) is 2.40. The monoisotopic (exact) mass is 285 g/mol. The molecule has 1 aromatic rings. The quantitative estimate of drug-likeness (QED) is 0.700. The number of halogens is 1. The first kappa shape index (κ1) is 16.3. The molecule has 1 unspecified atom stereocenters. The van der Waals surface area contributed by atoms with Crippen molar-refractivity contribution in [3.05, 3.63) is 28.8 Å². The first-order valence-electron chi connectivity index (χ1n) is 6.92. The molecule has 1 aromatic carbocycles. The Hall–Kier alpha value is -0.770. The van der Waals surface area contributed by atoms with Gasteiger partial charge in [0.2, 0.25) is 0 Å². The molecule has 0 spiro atoms. The van der Waals surface area contributed by atoms with E-state index in [4.69, 9.17) is 21.1 Å². The van der Waals surface area contributed by atoms with Crippen molar-refractivity contribution in [2.75, 3.05) is 26.4 Å². The largest absolute Gasteiger partial charge is 0.490 e. The highest BCUT2D eigenvalue weighted by Crippen LogP contribution is 2.27. The van der Waals surface area contributed by atoms with Crippen LogP contribution < -0.4 is 10.1 Å². The van der Waals surface area contributed by atoms with Crippen molar-refractivity contribution in [2.45, 2.75) is 33.2 Å². The minimum atomic E-state index is 0.296. The third kappa shape index (κ3) is 5.81. The standard InChI is InChI=1S/C15H24ClNO2/c1-4-8-18-9-10-19-15-7-6-13(11-14(15)16)12(3)17-5-2/h6-7,11-12,17H,4-5,8-10H2,1-3H3. The molecule has 108 valence electrons. The normalized spacial score (nSPS) is 12.4. The predicted octanol–water partition coefficient (Wildman–Crippen LogP) is 3.82. The number of hydrogen-bond donors (Lipinski definition) is 1. The number of nitrogens with one attached hydrogen (secondary N) is 1. The van der Waals surface area contributed by atoms with Gasteiger partial charge in [0.15, 0.2) is 0 Å². The fraction of sp³-hybridized carbons (Fsp3) is 0.600. The van der Waals surface area contributed by atoms with Gasteiger partial charge in [-0.05, 0) is 37.6 Å². The maximum atomic E-state index is 6.22. The number of ether oxygens (including phenoxy) is 2. The second-order valence-corrected chi connectivity index (χ2v) is 4.84. The van der Waals surface area contributed by atoms with Gasteiger partial charge in [-0.1, -0.05) is 31.5 Å². The Kier molecular flexibility index (Phi) is 7.87. The molecule has 3 nitrogen and oxygen atoms in total. The highest BCUT2D eigenvalue weighted by atomic mass is 35.5. The van der Waals surface area contributed by atoms with Crippen molar-refractivity contribution in [3.8, 4) is 5.75 Å². The van der Waals surface area contributed by atoms with E-state index >= 15 is 0 Å². The minimum Gasteiger partial charge on any atom is -0.490 e. The zero-order valence-corrected chi connectivity index (χ0v) is 12.8. The van der Waals surface area contributed by atoms with Crippen LogP contribution in [0.15, 0.2) is 18.2 Å². The van der Waals surface area contributed by atoms with E-state index in [1.54, 1.807) is 0 Å². The van der Waals surface area contributed by atoms with Crippen LogP contribution in [0.5, 0.6) is 5.75 Å². The molecule has 0 aromatic heterocycles. The van der Waals surface area contributed by atoms with Gasteiger partial charge in [-0.2, -0.15) is 0 Å². The van der Waals surface area contributed by atoms with E-state index in [0.29, 0.717) is 30.0 Å². The van der Waals surface area contributed by atoms with Crippen LogP contribution in [0, 0.1) is 0 Å². The summed E-state index contributed by atoms with van der Waals surface area (Å²) >= 11 is 6.22. The van der Waals surface area contributed by atoms with E-state index in [9.17, 15) is 0 Å². The molecule has 4 heteroatoms. The molecular weight excluding hydrogens is 262 g/mol. The summed E-state index contributed by atoms with van der Waals surface area (Å²) in [6.45, 7) is 9.13. The Balaban J connectivity index is 2.47. The van der Waals surface area contributed by atoms with Gasteiger partial charge in [-0.25, -0.2) is 0 Å². The van der Waals surface area contributed by atoms with Gasteiger partial charge in [0.1, 0.15) is 12.4 Å². The molecule has 0 amide bonds. The van der Waals surface area contributed by atoms with Crippen molar-refractivity contribution in [2.24, 2.45) is 0 Å². The van der Waals surface area contributed by atoms with Crippen molar-refractivity contribution < 1.29 is 9.47 Å². The van der Waals surface area contributed by atoms with Crippen LogP contribution in [-0.4, -0.2) is 26.4 Å². The van der Waals surface area contributed by atoms with Crippen LogP contribution in [0.25, 0.3) is 0 Å². The maximum absolute atomic E-state index is 6.22. The Morgan fingerprint density at radius 1 is 1.21 bits per heavy atom. The van der Waals surface area contributed by atoms with Crippen molar-refractivity contribution in [1.29, 1.82) is 0 Å². The second-order valence-electron chi connectivity index (χ2n) is 4.43. The Labute approximate surface area is 121 Å². The summed E-state index contributed by atoms with van der Waals surface area (Å²) < 4.78 is 11.0. The molecule has 0 saturated carbocycles. The van der Waals surface area contributed by atoms with Gasteiger partial charge in [-0.15, -0.1) is 0 Å². The summed E-state index contributed by atoms with van der Waals surface area (Å²) in [5.74, 6) is 0.717. The second kappa shape index (κ2) is 9.18. The first-order chi connectivity index (χ1) is 9.19. The lowest BCUT2D eigenvalue weighted by Gasteiger charge is -2.15. The molecule has 0 saturated heterocycles. The molecule has 1 N–H and O–H groups in total. The number of benzene rings is 1. The van der Waals surface area contributed by atoms with E-state index in [2.05, 4.69) is 26.1 Å². The SMILES string of the molecule is CCCOCCOc1ccc(C(C)NCC)cc1Cl. The van der Waals surface area contributed by atoms with Crippen molar-refractivity contribution in [1.82, 2.24) is 5.32 Å². The van der Waals surface area contributed by atoms with Crippen LogP contribution >= 0.6 is 11.6 Å². The van der Waals surface area contributed by atoms with Gasteiger partial charge in [0, 0.05) is 12.6 Å². The molecule has 0 bridgehead atoms. The molecule has 0 aliphatic heterocycles. The summed E-state index contributed by atoms with van der Waals surface area (Å²) in [6.07, 6.45) is 1.03. The molecule has 1 rings (SSSR count). The highest BCUT2D eigenvalue weighted by molar-refractivity contribution is 6.32. The number of hydrogen-bond acceptors (Lipinski definition) is 3. The van der Waals surface area contributed by atoms with Crippen LogP contribution in [0.4, 0.5) is 0 Å². The zero-order chi connectivity index (χ0) is 14.1.